The van der Waals surface area contributed by atoms with Crippen molar-refractivity contribution in [3.05, 3.63) is 112 Å². The highest BCUT2D eigenvalue weighted by atomic mass is 19.4. The van der Waals surface area contributed by atoms with Gasteiger partial charge in [0.15, 0.2) is 0 Å². The van der Waals surface area contributed by atoms with Crippen LogP contribution in [0.5, 0.6) is 0 Å². The molecule has 1 aromatic heterocycles. The molecule has 1 amide bonds. The Labute approximate surface area is 257 Å². The normalized spacial score (nSPS) is 15.3. The number of carbonyl (C=O) groups is 1. The zero-order valence-corrected chi connectivity index (χ0v) is 24.6. The first kappa shape index (κ1) is 30.8. The van der Waals surface area contributed by atoms with E-state index in [-0.39, 0.29) is 29.1 Å². The molecule has 4 aromatic rings. The molecule has 9 nitrogen and oxygen atoms in total. The number of amides is 1. The molecule has 2 atom stereocenters. The van der Waals surface area contributed by atoms with E-state index in [1.165, 1.54) is 21.7 Å². The number of benzene rings is 3. The number of carboxylic acid groups (broad SMARTS) is 1. The average molecular weight is 612 g/mol. The molecule has 2 heterocycles. The first-order valence-electron chi connectivity index (χ1n) is 14.1. The van der Waals surface area contributed by atoms with E-state index in [0.29, 0.717) is 23.2 Å². The van der Waals surface area contributed by atoms with Crippen LogP contribution in [-0.4, -0.2) is 32.0 Å². The molecular formula is C33H28F3N7O2. The predicted octanol–water partition coefficient (Wildman–Crippen LogP) is 7.46. The molecule has 228 valence electrons. The van der Waals surface area contributed by atoms with Crippen LogP contribution in [0.25, 0.3) is 0 Å². The van der Waals surface area contributed by atoms with Crippen molar-refractivity contribution >= 4 is 23.7 Å². The Kier molecular flexibility index (Phi) is 8.34. The molecule has 0 saturated heterocycles. The Hall–Kier alpha value is -5.62. The van der Waals surface area contributed by atoms with E-state index in [4.69, 9.17) is 0 Å². The molecule has 1 N–H and O–H groups in total. The lowest BCUT2D eigenvalue weighted by Crippen LogP contribution is -2.45. The van der Waals surface area contributed by atoms with Crippen molar-refractivity contribution < 1.29 is 23.1 Å². The molecule has 45 heavy (non-hydrogen) atoms. The summed E-state index contributed by atoms with van der Waals surface area (Å²) >= 11 is 0. The third kappa shape index (κ3) is 5.95. The fourth-order valence-electron chi connectivity index (χ4n) is 5.50. The van der Waals surface area contributed by atoms with Gasteiger partial charge < -0.3 is 5.11 Å². The summed E-state index contributed by atoms with van der Waals surface area (Å²) in [4.78, 5) is 20.0. The fraction of sp³-hybridized carbons (Fsp3) is 0.242. The summed E-state index contributed by atoms with van der Waals surface area (Å²) in [5.74, 6) is -0.330. The van der Waals surface area contributed by atoms with Crippen molar-refractivity contribution in [1.82, 2.24) is 14.8 Å². The van der Waals surface area contributed by atoms with Gasteiger partial charge in [0.1, 0.15) is 6.04 Å². The molecule has 0 radical (unpaired) electrons. The summed E-state index contributed by atoms with van der Waals surface area (Å²) < 4.78 is 42.6. The number of hydrogen-bond donors (Lipinski definition) is 1. The Morgan fingerprint density at radius 2 is 1.71 bits per heavy atom. The van der Waals surface area contributed by atoms with Crippen LogP contribution < -0.4 is 9.80 Å². The lowest BCUT2D eigenvalue weighted by Gasteiger charge is -2.34. The second-order valence-electron chi connectivity index (χ2n) is 10.9. The van der Waals surface area contributed by atoms with Crippen molar-refractivity contribution in [2.75, 3.05) is 9.80 Å². The van der Waals surface area contributed by atoms with Gasteiger partial charge in [0.05, 0.1) is 28.8 Å². The second-order valence-corrected chi connectivity index (χ2v) is 10.9. The Morgan fingerprint density at radius 3 is 2.29 bits per heavy atom. The van der Waals surface area contributed by atoms with Crippen molar-refractivity contribution in [2.24, 2.45) is 5.92 Å². The average Bonchev–Trinajstić information content (AvgIpc) is 3.43. The minimum Gasteiger partial charge on any atom is -0.465 e. The van der Waals surface area contributed by atoms with Crippen LogP contribution in [0.1, 0.15) is 49.1 Å². The predicted molar refractivity (Wildman–Crippen MR) is 160 cm³/mol. The lowest BCUT2D eigenvalue weighted by molar-refractivity contribution is -0.137. The van der Waals surface area contributed by atoms with Crippen LogP contribution in [0.4, 0.5) is 35.5 Å². The summed E-state index contributed by atoms with van der Waals surface area (Å²) in [7, 11) is 0. The van der Waals surface area contributed by atoms with Crippen molar-refractivity contribution in [3.63, 3.8) is 0 Å². The third-order valence-corrected chi connectivity index (χ3v) is 7.76. The SMILES string of the molecule is CC1=C(C#N)[C@@H](c2ccc(C#N)cc2)n2nc(N(C(=O)O)C(Cc3ccccc3)C(C)C)nc2N1c1cccc(C(F)(F)F)c1. The molecule has 5 rings (SSSR count). The summed E-state index contributed by atoms with van der Waals surface area (Å²) in [5, 5.41) is 34.8. The van der Waals surface area contributed by atoms with Gasteiger partial charge >= 0.3 is 12.3 Å². The van der Waals surface area contributed by atoms with Gasteiger partial charge in [-0.1, -0.05) is 62.4 Å². The topological polar surface area (TPSA) is 122 Å². The highest BCUT2D eigenvalue weighted by Crippen LogP contribution is 2.44. The van der Waals surface area contributed by atoms with Crippen LogP contribution in [-0.2, 0) is 12.6 Å². The molecular weight excluding hydrogens is 583 g/mol. The lowest BCUT2D eigenvalue weighted by atomic mass is 9.95. The summed E-state index contributed by atoms with van der Waals surface area (Å²) in [6.07, 6.45) is -5.59. The number of hydrogen-bond acceptors (Lipinski definition) is 6. The van der Waals surface area contributed by atoms with E-state index in [1.807, 2.05) is 50.2 Å². The maximum absolute atomic E-state index is 13.7. The standard InChI is InChI=1S/C33H28F3N7O2/c1-20(2)28(16-22-8-5-4-6-9-22)42(32(44)45)30-39-31-41(26-11-7-10-25(17-26)33(34,35)36)21(3)27(19-38)29(43(31)40-30)24-14-12-23(18-37)13-15-24/h4-15,17,20,28-29H,16H2,1-3H3,(H,44,45)/t28?,29-/m1/s1. The fourth-order valence-corrected chi connectivity index (χ4v) is 5.50. The molecule has 0 saturated carbocycles. The van der Waals surface area contributed by atoms with Crippen molar-refractivity contribution in [3.8, 4) is 12.1 Å². The molecule has 1 aliphatic rings. The number of halogens is 3. The van der Waals surface area contributed by atoms with Gasteiger partial charge in [-0.2, -0.15) is 28.7 Å². The quantitative estimate of drug-likeness (QED) is 0.230. The zero-order chi connectivity index (χ0) is 32.5. The highest BCUT2D eigenvalue weighted by molar-refractivity contribution is 5.85. The largest absolute Gasteiger partial charge is 0.465 e. The van der Waals surface area contributed by atoms with Crippen molar-refractivity contribution in [2.45, 2.75) is 45.5 Å². The molecule has 12 heteroatoms. The number of anilines is 3. The molecule has 0 spiro atoms. The number of fused-ring (bicyclic) bond motifs is 1. The van der Waals surface area contributed by atoms with E-state index in [0.717, 1.165) is 22.6 Å². The Bertz CT molecular complexity index is 1830. The first-order valence-corrected chi connectivity index (χ1v) is 14.1. The van der Waals surface area contributed by atoms with E-state index in [9.17, 15) is 33.6 Å². The number of nitrogens with zero attached hydrogens (tertiary/aromatic N) is 7. The number of rotatable bonds is 7. The number of alkyl halides is 3. The molecule has 0 fully saturated rings. The maximum atomic E-state index is 13.7. The molecule has 1 unspecified atom stereocenters. The van der Waals surface area contributed by atoms with Gasteiger partial charge in [-0.25, -0.2) is 14.4 Å². The van der Waals surface area contributed by atoms with Crippen LogP contribution >= 0.6 is 0 Å². The number of nitriles is 2. The highest BCUT2D eigenvalue weighted by Gasteiger charge is 2.40. The van der Waals surface area contributed by atoms with Gasteiger partial charge in [0, 0.05) is 17.4 Å². The molecule has 0 aliphatic carbocycles. The molecule has 0 bridgehead atoms. The second kappa shape index (κ2) is 12.2. The first-order chi connectivity index (χ1) is 21.4. The van der Waals surface area contributed by atoms with Gasteiger partial charge in [-0.15, -0.1) is 5.10 Å². The third-order valence-electron chi connectivity index (χ3n) is 7.76. The maximum Gasteiger partial charge on any atom is 0.416 e. The summed E-state index contributed by atoms with van der Waals surface area (Å²) in [6.45, 7) is 5.36. The minimum absolute atomic E-state index is 0.0312. The molecule has 1 aliphatic heterocycles. The smallest absolute Gasteiger partial charge is 0.416 e. The van der Waals surface area contributed by atoms with Gasteiger partial charge in [-0.05, 0) is 60.7 Å². The monoisotopic (exact) mass is 611 g/mol. The minimum atomic E-state index is -4.63. The van der Waals surface area contributed by atoms with Gasteiger partial charge in [0.2, 0.25) is 5.95 Å². The number of aromatic nitrogens is 3. The van der Waals surface area contributed by atoms with E-state index in [1.54, 1.807) is 31.2 Å². The Balaban J connectivity index is 1.73. The van der Waals surface area contributed by atoms with Crippen LogP contribution in [0.15, 0.2) is 90.1 Å². The summed E-state index contributed by atoms with van der Waals surface area (Å²) in [5.41, 5.74) is 1.46. The van der Waals surface area contributed by atoms with E-state index >= 15 is 0 Å². The molecule has 3 aromatic carbocycles. The zero-order valence-electron chi connectivity index (χ0n) is 24.6. The number of allylic oxidation sites excluding steroid dienone is 2. The van der Waals surface area contributed by atoms with Crippen LogP contribution in [0.2, 0.25) is 0 Å². The van der Waals surface area contributed by atoms with Crippen LogP contribution in [0, 0.1) is 28.6 Å². The van der Waals surface area contributed by atoms with Crippen molar-refractivity contribution in [1.29, 1.82) is 10.5 Å². The van der Waals surface area contributed by atoms with E-state index in [2.05, 4.69) is 16.2 Å². The Morgan fingerprint density at radius 1 is 1.02 bits per heavy atom. The van der Waals surface area contributed by atoms with Gasteiger partial charge in [0.25, 0.3) is 5.95 Å². The van der Waals surface area contributed by atoms with E-state index < -0.39 is 29.9 Å². The van der Waals surface area contributed by atoms with Gasteiger partial charge in [-0.3, -0.25) is 4.90 Å². The van der Waals surface area contributed by atoms with Crippen LogP contribution in [0.3, 0.4) is 0 Å². The summed E-state index contributed by atoms with van der Waals surface area (Å²) in [6, 6.07) is 23.2.